The second-order valence-electron chi connectivity index (χ2n) is 4.00. The minimum atomic E-state index is -0.477. The van der Waals surface area contributed by atoms with E-state index >= 15 is 0 Å². The summed E-state index contributed by atoms with van der Waals surface area (Å²) in [6.07, 6.45) is 2.92. The van der Waals surface area contributed by atoms with Crippen LogP contribution in [0.2, 0.25) is 0 Å². The Bertz CT molecular complexity index is 389. The van der Waals surface area contributed by atoms with Crippen LogP contribution in [0.25, 0.3) is 0 Å². The monoisotopic (exact) mass is 223 g/mol. The number of anilines is 1. The lowest BCUT2D eigenvalue weighted by Crippen LogP contribution is -2.38. The number of rotatable bonds is 2. The van der Waals surface area contributed by atoms with Crippen molar-refractivity contribution in [3.05, 3.63) is 24.3 Å². The molecule has 1 amide bonds. The van der Waals surface area contributed by atoms with Gasteiger partial charge in [0.1, 0.15) is 0 Å². The minimum Gasteiger partial charge on any atom is -0.371 e. The smallest absolute Gasteiger partial charge is 0.220 e. The minimum absolute atomic E-state index is 0.0389. The lowest BCUT2D eigenvalue weighted by atomic mass is 9.96. The fourth-order valence-corrected chi connectivity index (χ4v) is 2.01. The Labute approximate surface area is 93.3 Å². The van der Waals surface area contributed by atoms with E-state index in [1.165, 1.54) is 12.3 Å². The van der Waals surface area contributed by atoms with Gasteiger partial charge in [0.15, 0.2) is 0 Å². The second kappa shape index (κ2) is 4.47. The molecule has 5 heteroatoms. The molecule has 1 aliphatic rings. The predicted octanol–water partition coefficient (Wildman–Crippen LogP) is 0.922. The van der Waals surface area contributed by atoms with Crippen LogP contribution in [0.5, 0.6) is 0 Å². The number of hydrogen-bond donors (Lipinski definition) is 1. The molecule has 1 fully saturated rings. The van der Waals surface area contributed by atoms with Gasteiger partial charge in [-0.1, -0.05) is 0 Å². The Morgan fingerprint density at radius 2 is 2.19 bits per heavy atom. The molecule has 1 aromatic rings. The van der Waals surface area contributed by atoms with Crippen LogP contribution in [-0.2, 0) is 4.79 Å². The summed E-state index contributed by atoms with van der Waals surface area (Å²) in [6, 6.07) is 3.18. The molecule has 0 unspecified atom stereocenters. The van der Waals surface area contributed by atoms with E-state index in [-0.39, 0.29) is 11.8 Å². The van der Waals surface area contributed by atoms with E-state index in [1.807, 2.05) is 4.90 Å². The van der Waals surface area contributed by atoms with Crippen molar-refractivity contribution in [2.24, 2.45) is 11.7 Å². The summed E-state index contributed by atoms with van der Waals surface area (Å²) < 4.78 is 12.9. The summed E-state index contributed by atoms with van der Waals surface area (Å²) in [5.41, 5.74) is 6.06. The van der Waals surface area contributed by atoms with Crippen molar-refractivity contribution in [3.8, 4) is 0 Å². The van der Waals surface area contributed by atoms with E-state index in [1.54, 1.807) is 6.07 Å². The van der Waals surface area contributed by atoms with Crippen LogP contribution in [-0.4, -0.2) is 24.0 Å². The van der Waals surface area contributed by atoms with Gasteiger partial charge in [-0.25, -0.2) is 4.98 Å². The fourth-order valence-electron chi connectivity index (χ4n) is 2.01. The van der Waals surface area contributed by atoms with Crippen LogP contribution in [0.1, 0.15) is 12.8 Å². The van der Waals surface area contributed by atoms with E-state index < -0.39 is 5.95 Å². The quantitative estimate of drug-likeness (QED) is 0.758. The van der Waals surface area contributed by atoms with Gasteiger partial charge in [0.25, 0.3) is 0 Å². The van der Waals surface area contributed by atoms with Crippen molar-refractivity contribution in [1.29, 1.82) is 0 Å². The second-order valence-corrected chi connectivity index (χ2v) is 4.00. The molecule has 0 atom stereocenters. The summed E-state index contributed by atoms with van der Waals surface area (Å²) in [4.78, 5) is 16.5. The molecule has 2 heterocycles. The van der Waals surface area contributed by atoms with Gasteiger partial charge in [-0.3, -0.25) is 4.79 Å². The topological polar surface area (TPSA) is 59.2 Å². The average molecular weight is 223 g/mol. The summed E-state index contributed by atoms with van der Waals surface area (Å²) in [7, 11) is 0. The molecule has 0 spiro atoms. The molecule has 1 aliphatic heterocycles. The van der Waals surface area contributed by atoms with Gasteiger partial charge in [-0.15, -0.1) is 0 Å². The number of primary amides is 1. The zero-order valence-corrected chi connectivity index (χ0v) is 8.90. The first kappa shape index (κ1) is 10.9. The first-order chi connectivity index (χ1) is 7.66. The number of amides is 1. The molecule has 2 rings (SSSR count). The number of carbonyl (C=O) groups excluding carboxylic acids is 1. The highest BCUT2D eigenvalue weighted by Crippen LogP contribution is 2.22. The highest BCUT2D eigenvalue weighted by atomic mass is 19.1. The first-order valence-corrected chi connectivity index (χ1v) is 5.32. The SMILES string of the molecule is NC(=O)C1CCN(c2ccnc(F)c2)CC1. The number of halogens is 1. The van der Waals surface area contributed by atoms with E-state index in [2.05, 4.69) is 4.98 Å². The van der Waals surface area contributed by atoms with Crippen LogP contribution < -0.4 is 10.6 Å². The maximum Gasteiger partial charge on any atom is 0.220 e. The third-order valence-corrected chi connectivity index (χ3v) is 2.97. The van der Waals surface area contributed by atoms with Gasteiger partial charge >= 0.3 is 0 Å². The van der Waals surface area contributed by atoms with Crippen molar-refractivity contribution in [2.75, 3.05) is 18.0 Å². The van der Waals surface area contributed by atoms with Crippen molar-refractivity contribution < 1.29 is 9.18 Å². The standard InChI is InChI=1S/C11H14FN3O/c12-10-7-9(1-4-14-10)15-5-2-8(3-6-15)11(13)16/h1,4,7-8H,2-3,5-6H2,(H2,13,16). The molecule has 1 aromatic heterocycles. The Hall–Kier alpha value is -1.65. The summed E-state index contributed by atoms with van der Waals surface area (Å²) in [5.74, 6) is -0.752. The molecule has 0 saturated carbocycles. The van der Waals surface area contributed by atoms with Gasteiger partial charge in [0.2, 0.25) is 11.9 Å². The number of piperidine rings is 1. The number of hydrogen-bond acceptors (Lipinski definition) is 3. The molecule has 86 valence electrons. The molecule has 0 aliphatic carbocycles. The summed E-state index contributed by atoms with van der Waals surface area (Å²) in [5, 5.41) is 0. The van der Waals surface area contributed by atoms with Crippen LogP contribution in [0, 0.1) is 11.9 Å². The lowest BCUT2D eigenvalue weighted by molar-refractivity contribution is -0.122. The number of nitrogens with zero attached hydrogens (tertiary/aromatic N) is 2. The third-order valence-electron chi connectivity index (χ3n) is 2.97. The van der Waals surface area contributed by atoms with Crippen LogP contribution in [0.3, 0.4) is 0 Å². The van der Waals surface area contributed by atoms with Crippen LogP contribution >= 0.6 is 0 Å². The zero-order valence-electron chi connectivity index (χ0n) is 8.90. The van der Waals surface area contributed by atoms with Crippen LogP contribution in [0.4, 0.5) is 10.1 Å². The number of carbonyl (C=O) groups is 1. The normalized spacial score (nSPS) is 17.4. The van der Waals surface area contributed by atoms with E-state index in [0.717, 1.165) is 31.6 Å². The molecule has 16 heavy (non-hydrogen) atoms. The first-order valence-electron chi connectivity index (χ1n) is 5.32. The maximum absolute atomic E-state index is 12.9. The molecule has 0 radical (unpaired) electrons. The Morgan fingerprint density at radius 3 is 2.75 bits per heavy atom. The summed E-state index contributed by atoms with van der Waals surface area (Å²) in [6.45, 7) is 1.47. The molecule has 1 saturated heterocycles. The molecule has 4 nitrogen and oxygen atoms in total. The van der Waals surface area contributed by atoms with Crippen molar-refractivity contribution in [3.63, 3.8) is 0 Å². The number of pyridine rings is 1. The highest BCUT2D eigenvalue weighted by molar-refractivity contribution is 5.77. The lowest BCUT2D eigenvalue weighted by Gasteiger charge is -2.32. The van der Waals surface area contributed by atoms with Gasteiger partial charge in [-0.05, 0) is 18.9 Å². The molecule has 0 aromatic carbocycles. The van der Waals surface area contributed by atoms with Gasteiger partial charge in [0.05, 0.1) is 0 Å². The van der Waals surface area contributed by atoms with Gasteiger partial charge < -0.3 is 10.6 Å². The number of nitrogens with two attached hydrogens (primary N) is 1. The third kappa shape index (κ3) is 2.29. The Balaban J connectivity index is 2.01. The Morgan fingerprint density at radius 1 is 1.50 bits per heavy atom. The molecule has 2 N–H and O–H groups in total. The Kier molecular flexibility index (Phi) is 3.03. The highest BCUT2D eigenvalue weighted by Gasteiger charge is 2.23. The maximum atomic E-state index is 12.9. The van der Waals surface area contributed by atoms with Gasteiger partial charge in [-0.2, -0.15) is 4.39 Å². The number of aromatic nitrogens is 1. The van der Waals surface area contributed by atoms with E-state index in [4.69, 9.17) is 5.73 Å². The van der Waals surface area contributed by atoms with Crippen LogP contribution in [0.15, 0.2) is 18.3 Å². The largest absolute Gasteiger partial charge is 0.371 e. The molecular formula is C11H14FN3O. The van der Waals surface area contributed by atoms with Crippen molar-refractivity contribution in [1.82, 2.24) is 4.98 Å². The average Bonchev–Trinajstić information content (AvgIpc) is 2.29. The predicted molar refractivity (Wildman–Crippen MR) is 58.3 cm³/mol. The molecule has 0 bridgehead atoms. The van der Waals surface area contributed by atoms with Crippen molar-refractivity contribution >= 4 is 11.6 Å². The zero-order chi connectivity index (χ0) is 11.5. The van der Waals surface area contributed by atoms with E-state index in [9.17, 15) is 9.18 Å². The van der Waals surface area contributed by atoms with Gasteiger partial charge in [0, 0.05) is 37.0 Å². The van der Waals surface area contributed by atoms with Crippen molar-refractivity contribution in [2.45, 2.75) is 12.8 Å². The molecular weight excluding hydrogens is 209 g/mol. The van der Waals surface area contributed by atoms with E-state index in [0.29, 0.717) is 0 Å². The summed E-state index contributed by atoms with van der Waals surface area (Å²) >= 11 is 0. The fraction of sp³-hybridized carbons (Fsp3) is 0.455.